The summed E-state index contributed by atoms with van der Waals surface area (Å²) in [4.78, 5) is 15.7. The highest BCUT2D eigenvalue weighted by Crippen LogP contribution is 2.16. The molecule has 0 unspecified atom stereocenters. The van der Waals surface area contributed by atoms with Crippen LogP contribution in [0.4, 0.5) is 0 Å². The Balaban J connectivity index is 2.00. The van der Waals surface area contributed by atoms with E-state index in [-0.39, 0.29) is 5.97 Å². The minimum atomic E-state index is -0.309. The highest BCUT2D eigenvalue weighted by atomic mass is 32.2. The maximum Gasteiger partial charge on any atom is 0.337 e. The van der Waals surface area contributed by atoms with Crippen LogP contribution in [0.25, 0.3) is 0 Å². The smallest absolute Gasteiger partial charge is 0.337 e. The van der Waals surface area contributed by atoms with Crippen molar-refractivity contribution in [3.05, 3.63) is 65.5 Å². The Bertz CT molecular complexity index is 573. The van der Waals surface area contributed by atoms with Gasteiger partial charge >= 0.3 is 5.97 Å². The van der Waals surface area contributed by atoms with Crippen LogP contribution in [-0.2, 0) is 17.8 Å². The first-order chi connectivity index (χ1) is 10.2. The fraction of sp³-hybridized carbons (Fsp3) is 0.250. The molecule has 0 N–H and O–H groups in total. The van der Waals surface area contributed by atoms with Gasteiger partial charge in [-0.1, -0.05) is 30.1 Å². The number of hydrogen-bond donors (Lipinski definition) is 0. The first-order valence-corrected chi connectivity index (χ1v) is 7.77. The number of pyridine rings is 1. The van der Waals surface area contributed by atoms with Crippen LogP contribution >= 0.6 is 11.9 Å². The van der Waals surface area contributed by atoms with Crippen molar-refractivity contribution < 1.29 is 9.53 Å². The van der Waals surface area contributed by atoms with Crippen LogP contribution in [0, 0.1) is 0 Å². The van der Waals surface area contributed by atoms with E-state index in [1.807, 2.05) is 36.6 Å². The fourth-order valence-corrected chi connectivity index (χ4v) is 2.46. The summed E-state index contributed by atoms with van der Waals surface area (Å²) >= 11 is 1.68. The first kappa shape index (κ1) is 15.5. The molecule has 0 atom stereocenters. The molecule has 0 saturated heterocycles. The third kappa shape index (κ3) is 4.58. The van der Waals surface area contributed by atoms with Gasteiger partial charge in [-0.15, -0.1) is 0 Å². The van der Waals surface area contributed by atoms with E-state index < -0.39 is 0 Å². The number of carbonyl (C=O) groups is 1. The van der Waals surface area contributed by atoms with Gasteiger partial charge in [0.15, 0.2) is 0 Å². The summed E-state index contributed by atoms with van der Waals surface area (Å²) in [5.41, 5.74) is 2.76. The Morgan fingerprint density at radius 1 is 1.19 bits per heavy atom. The van der Waals surface area contributed by atoms with Crippen molar-refractivity contribution in [1.29, 1.82) is 0 Å². The van der Waals surface area contributed by atoms with Gasteiger partial charge in [-0.2, -0.15) is 0 Å². The average Bonchev–Trinajstić information content (AvgIpc) is 2.55. The molecule has 0 bridgehead atoms. The molecule has 0 fully saturated rings. The van der Waals surface area contributed by atoms with Gasteiger partial charge in [0.05, 0.1) is 24.9 Å². The fourth-order valence-electron chi connectivity index (χ4n) is 1.93. The molecule has 0 spiro atoms. The average molecular weight is 302 g/mol. The lowest BCUT2D eigenvalue weighted by molar-refractivity contribution is 0.0600. The highest BCUT2D eigenvalue weighted by Gasteiger charge is 2.08. The molecule has 0 aliphatic heterocycles. The lowest BCUT2D eigenvalue weighted by atomic mass is 10.1. The predicted molar refractivity (Wildman–Crippen MR) is 84.8 cm³/mol. The van der Waals surface area contributed by atoms with Crippen molar-refractivity contribution in [2.24, 2.45) is 0 Å². The Kier molecular flexibility index (Phi) is 5.78. The molecule has 0 saturated carbocycles. The number of rotatable bonds is 6. The molecule has 110 valence electrons. The van der Waals surface area contributed by atoms with Crippen LogP contribution in [0.5, 0.6) is 0 Å². The van der Waals surface area contributed by atoms with Crippen LogP contribution in [-0.4, -0.2) is 28.6 Å². The number of methoxy groups -OCH3 is 1. The Labute approximate surface area is 129 Å². The Hall–Kier alpha value is -1.85. The molecular formula is C16H18N2O2S. The number of hydrogen-bond acceptors (Lipinski definition) is 5. The zero-order chi connectivity index (χ0) is 15.1. The van der Waals surface area contributed by atoms with Crippen LogP contribution in [0.2, 0.25) is 0 Å². The van der Waals surface area contributed by atoms with Gasteiger partial charge in [-0.3, -0.25) is 4.98 Å². The topological polar surface area (TPSA) is 42.4 Å². The number of carbonyl (C=O) groups excluding carboxylic acids is 1. The zero-order valence-corrected chi connectivity index (χ0v) is 13.0. The van der Waals surface area contributed by atoms with Gasteiger partial charge in [0.25, 0.3) is 0 Å². The minimum absolute atomic E-state index is 0.309. The number of ether oxygens (including phenoxy) is 1. The van der Waals surface area contributed by atoms with E-state index in [0.717, 1.165) is 24.3 Å². The second kappa shape index (κ2) is 7.81. The van der Waals surface area contributed by atoms with Gasteiger partial charge in [0, 0.05) is 12.7 Å². The molecule has 0 aliphatic carbocycles. The molecular weight excluding hydrogens is 284 g/mol. The molecule has 0 radical (unpaired) electrons. The van der Waals surface area contributed by atoms with E-state index in [0.29, 0.717) is 5.56 Å². The number of nitrogens with zero attached hydrogens (tertiary/aromatic N) is 2. The van der Waals surface area contributed by atoms with Crippen LogP contribution < -0.4 is 0 Å². The van der Waals surface area contributed by atoms with E-state index in [2.05, 4.69) is 9.29 Å². The molecule has 0 amide bonds. The van der Waals surface area contributed by atoms with Gasteiger partial charge in [0.1, 0.15) is 0 Å². The van der Waals surface area contributed by atoms with Crippen molar-refractivity contribution in [3.63, 3.8) is 0 Å². The molecule has 5 heteroatoms. The SMILES string of the molecule is COC(=O)c1ccc(CN(Cc2ccccn2)SC)cc1. The zero-order valence-electron chi connectivity index (χ0n) is 12.2. The van der Waals surface area contributed by atoms with Crippen LogP contribution in [0.15, 0.2) is 48.7 Å². The van der Waals surface area contributed by atoms with Gasteiger partial charge in [-0.05, 0) is 36.1 Å². The first-order valence-electron chi connectivity index (χ1n) is 6.59. The van der Waals surface area contributed by atoms with Gasteiger partial charge in [0.2, 0.25) is 0 Å². The molecule has 1 aromatic carbocycles. The van der Waals surface area contributed by atoms with E-state index in [9.17, 15) is 4.79 Å². The molecule has 1 aromatic heterocycles. The van der Waals surface area contributed by atoms with E-state index in [4.69, 9.17) is 4.74 Å². The lowest BCUT2D eigenvalue weighted by Crippen LogP contribution is -2.15. The summed E-state index contributed by atoms with van der Waals surface area (Å²) in [6, 6.07) is 13.4. The summed E-state index contributed by atoms with van der Waals surface area (Å²) in [6.45, 7) is 1.57. The normalized spacial score (nSPS) is 10.6. The van der Waals surface area contributed by atoms with Crippen molar-refractivity contribution >= 4 is 17.9 Å². The second-order valence-electron chi connectivity index (χ2n) is 4.49. The van der Waals surface area contributed by atoms with Gasteiger partial charge in [-0.25, -0.2) is 9.10 Å². The Morgan fingerprint density at radius 2 is 1.95 bits per heavy atom. The Morgan fingerprint density at radius 3 is 2.52 bits per heavy atom. The van der Waals surface area contributed by atoms with Crippen molar-refractivity contribution in [2.45, 2.75) is 13.1 Å². The van der Waals surface area contributed by atoms with Crippen molar-refractivity contribution in [1.82, 2.24) is 9.29 Å². The molecule has 2 rings (SSSR count). The number of aromatic nitrogens is 1. The maximum atomic E-state index is 11.4. The molecule has 0 aliphatic rings. The number of esters is 1. The monoisotopic (exact) mass is 302 g/mol. The van der Waals surface area contributed by atoms with Crippen molar-refractivity contribution in [2.75, 3.05) is 13.4 Å². The minimum Gasteiger partial charge on any atom is -0.465 e. The largest absolute Gasteiger partial charge is 0.465 e. The van der Waals surface area contributed by atoms with Crippen molar-refractivity contribution in [3.8, 4) is 0 Å². The summed E-state index contributed by atoms with van der Waals surface area (Å²) in [5.74, 6) is -0.309. The van der Waals surface area contributed by atoms with E-state index in [1.54, 1.807) is 30.3 Å². The maximum absolute atomic E-state index is 11.4. The second-order valence-corrected chi connectivity index (χ2v) is 5.37. The van der Waals surface area contributed by atoms with E-state index in [1.165, 1.54) is 7.11 Å². The van der Waals surface area contributed by atoms with E-state index >= 15 is 0 Å². The number of benzene rings is 1. The summed E-state index contributed by atoms with van der Waals surface area (Å²) in [6.07, 6.45) is 3.85. The highest BCUT2D eigenvalue weighted by molar-refractivity contribution is 7.96. The van der Waals surface area contributed by atoms with Crippen LogP contribution in [0.1, 0.15) is 21.6 Å². The summed E-state index contributed by atoms with van der Waals surface area (Å²) in [5, 5.41) is 0. The molecule has 2 aromatic rings. The third-order valence-corrected chi connectivity index (χ3v) is 3.83. The summed E-state index contributed by atoms with van der Waals surface area (Å²) < 4.78 is 6.91. The molecule has 21 heavy (non-hydrogen) atoms. The quantitative estimate of drug-likeness (QED) is 0.606. The molecule has 4 nitrogen and oxygen atoms in total. The molecule has 1 heterocycles. The standard InChI is InChI=1S/C16H18N2O2S/c1-20-16(19)14-8-6-13(7-9-14)11-18(21-2)12-15-5-3-4-10-17-15/h3-10H,11-12H2,1-2H3. The summed E-state index contributed by atoms with van der Waals surface area (Å²) in [7, 11) is 1.39. The van der Waals surface area contributed by atoms with Gasteiger partial charge < -0.3 is 4.74 Å². The predicted octanol–water partition coefficient (Wildman–Crippen LogP) is 3.15. The third-order valence-electron chi connectivity index (χ3n) is 3.06. The van der Waals surface area contributed by atoms with Crippen LogP contribution in [0.3, 0.4) is 0 Å². The lowest BCUT2D eigenvalue weighted by Gasteiger charge is -2.18.